The maximum absolute atomic E-state index is 12.8. The predicted molar refractivity (Wildman–Crippen MR) is 80.3 cm³/mol. The second kappa shape index (κ2) is 6.03. The van der Waals surface area contributed by atoms with Gasteiger partial charge in [-0.2, -0.15) is 0 Å². The fourth-order valence-corrected chi connectivity index (χ4v) is 3.03. The van der Waals surface area contributed by atoms with Crippen LogP contribution in [-0.4, -0.2) is 42.5 Å². The number of carbonyl (C=O) groups excluding carboxylic acids is 2. The van der Waals surface area contributed by atoms with E-state index in [9.17, 15) is 9.59 Å². The van der Waals surface area contributed by atoms with Crippen LogP contribution in [0.15, 0.2) is 18.2 Å². The van der Waals surface area contributed by atoms with Gasteiger partial charge in [0.15, 0.2) is 0 Å². The second-order valence-corrected chi connectivity index (χ2v) is 5.78. The van der Waals surface area contributed by atoms with Gasteiger partial charge in [-0.1, -0.05) is 17.7 Å². The topological polar surface area (TPSA) is 72.6 Å². The number of likely N-dealkylation sites (tertiary alicyclic amines) is 1. The van der Waals surface area contributed by atoms with E-state index in [1.807, 2.05) is 6.92 Å². The van der Waals surface area contributed by atoms with Crippen molar-refractivity contribution in [3.8, 4) is 0 Å². The summed E-state index contributed by atoms with van der Waals surface area (Å²) >= 11 is 5.98. The normalized spacial score (nSPS) is 21.6. The fourth-order valence-electron chi connectivity index (χ4n) is 2.86. The predicted octanol–water partition coefficient (Wildman–Crippen LogP) is 1.75. The van der Waals surface area contributed by atoms with Gasteiger partial charge < -0.3 is 15.4 Å². The first-order valence-electron chi connectivity index (χ1n) is 6.79. The maximum atomic E-state index is 12.8. The van der Waals surface area contributed by atoms with Crippen LogP contribution in [0, 0.1) is 6.92 Å². The zero-order valence-corrected chi connectivity index (χ0v) is 12.9. The maximum Gasteiger partial charge on any atom is 0.255 e. The number of hydrogen-bond donors (Lipinski definition) is 1. The molecule has 21 heavy (non-hydrogen) atoms. The minimum Gasteiger partial charge on any atom is -0.382 e. The van der Waals surface area contributed by atoms with Gasteiger partial charge in [0.2, 0.25) is 5.91 Å². The molecule has 1 unspecified atom stereocenters. The molecule has 6 heteroatoms. The molecule has 1 saturated heterocycles. The number of ether oxygens (including phenoxy) is 1. The van der Waals surface area contributed by atoms with Gasteiger partial charge in [-0.25, -0.2) is 0 Å². The van der Waals surface area contributed by atoms with Gasteiger partial charge in [-0.05, 0) is 37.5 Å². The van der Waals surface area contributed by atoms with Gasteiger partial charge in [0.05, 0.1) is 6.61 Å². The van der Waals surface area contributed by atoms with Crippen LogP contribution >= 0.6 is 11.6 Å². The number of nitrogens with zero attached hydrogens (tertiary/aromatic N) is 1. The molecule has 114 valence electrons. The van der Waals surface area contributed by atoms with Gasteiger partial charge in [0.25, 0.3) is 5.91 Å². The first kappa shape index (κ1) is 15.8. The molecular weight excluding hydrogens is 292 g/mol. The molecule has 1 atom stereocenters. The molecule has 2 rings (SSSR count). The number of benzene rings is 1. The largest absolute Gasteiger partial charge is 0.382 e. The summed E-state index contributed by atoms with van der Waals surface area (Å²) in [6.45, 7) is 2.42. The van der Waals surface area contributed by atoms with Crippen LogP contribution in [0.5, 0.6) is 0 Å². The standard InChI is InChI=1S/C15H19ClN2O3/c1-10-4-5-11(16)8-12(10)13(19)18-7-3-6-15(18,9-21-2)14(17)20/h4-5,8H,3,6-7,9H2,1-2H3,(H2,17,20). The summed E-state index contributed by atoms with van der Waals surface area (Å²) in [6, 6.07) is 5.14. The number of hydrogen-bond acceptors (Lipinski definition) is 3. The number of primary amides is 1. The first-order valence-corrected chi connectivity index (χ1v) is 7.17. The molecule has 0 radical (unpaired) electrons. The SMILES string of the molecule is COCC1(C(N)=O)CCCN1C(=O)c1cc(Cl)ccc1C. The Morgan fingerprint density at radius 1 is 1.48 bits per heavy atom. The average molecular weight is 311 g/mol. The van der Waals surface area contributed by atoms with E-state index in [1.54, 1.807) is 18.2 Å². The number of aryl methyl sites for hydroxylation is 1. The van der Waals surface area contributed by atoms with Gasteiger partial charge in [0.1, 0.15) is 5.54 Å². The third-order valence-corrected chi connectivity index (χ3v) is 4.24. The molecule has 1 aliphatic heterocycles. The summed E-state index contributed by atoms with van der Waals surface area (Å²) in [6.07, 6.45) is 1.24. The number of rotatable bonds is 4. The zero-order valence-electron chi connectivity index (χ0n) is 12.2. The van der Waals surface area contributed by atoms with E-state index >= 15 is 0 Å². The van der Waals surface area contributed by atoms with Crippen molar-refractivity contribution < 1.29 is 14.3 Å². The molecule has 1 aromatic carbocycles. The lowest BCUT2D eigenvalue weighted by Gasteiger charge is -2.35. The summed E-state index contributed by atoms with van der Waals surface area (Å²) in [5, 5.41) is 0.486. The number of halogens is 1. The Hall–Kier alpha value is -1.59. The second-order valence-electron chi connectivity index (χ2n) is 5.35. The van der Waals surface area contributed by atoms with E-state index in [-0.39, 0.29) is 12.5 Å². The third-order valence-electron chi connectivity index (χ3n) is 4.01. The molecule has 5 nitrogen and oxygen atoms in total. The van der Waals surface area contributed by atoms with Crippen LogP contribution in [0.4, 0.5) is 0 Å². The van der Waals surface area contributed by atoms with E-state index in [2.05, 4.69) is 0 Å². The molecular formula is C15H19ClN2O3. The van der Waals surface area contributed by atoms with Crippen molar-refractivity contribution in [3.05, 3.63) is 34.3 Å². The van der Waals surface area contributed by atoms with E-state index in [4.69, 9.17) is 22.1 Å². The molecule has 0 aromatic heterocycles. The van der Waals surface area contributed by atoms with Crippen molar-refractivity contribution >= 4 is 23.4 Å². The summed E-state index contributed by atoms with van der Waals surface area (Å²) in [5.74, 6) is -0.766. The van der Waals surface area contributed by atoms with Crippen LogP contribution in [0.3, 0.4) is 0 Å². The summed E-state index contributed by atoms with van der Waals surface area (Å²) in [4.78, 5) is 26.3. The Kier molecular flexibility index (Phi) is 4.54. The number of amides is 2. The highest BCUT2D eigenvalue weighted by atomic mass is 35.5. The van der Waals surface area contributed by atoms with Crippen LogP contribution < -0.4 is 5.73 Å². The Morgan fingerprint density at radius 2 is 2.19 bits per heavy atom. The van der Waals surface area contributed by atoms with E-state index < -0.39 is 11.4 Å². The molecule has 1 aromatic rings. The van der Waals surface area contributed by atoms with Crippen molar-refractivity contribution in [1.29, 1.82) is 0 Å². The molecule has 2 N–H and O–H groups in total. The van der Waals surface area contributed by atoms with Gasteiger partial charge >= 0.3 is 0 Å². The quantitative estimate of drug-likeness (QED) is 0.921. The Balaban J connectivity index is 2.41. The lowest BCUT2D eigenvalue weighted by atomic mass is 9.95. The smallest absolute Gasteiger partial charge is 0.255 e. The number of methoxy groups -OCH3 is 1. The highest BCUT2D eigenvalue weighted by Crippen LogP contribution is 2.32. The lowest BCUT2D eigenvalue weighted by Crippen LogP contribution is -2.58. The molecule has 1 aliphatic rings. The molecule has 0 bridgehead atoms. The minimum absolute atomic E-state index is 0.105. The van der Waals surface area contributed by atoms with Gasteiger partial charge in [-0.3, -0.25) is 9.59 Å². The van der Waals surface area contributed by atoms with Gasteiger partial charge in [0, 0.05) is 24.2 Å². The molecule has 1 heterocycles. The highest BCUT2D eigenvalue weighted by molar-refractivity contribution is 6.31. The van der Waals surface area contributed by atoms with Crippen molar-refractivity contribution in [3.63, 3.8) is 0 Å². The number of nitrogens with two attached hydrogens (primary N) is 1. The zero-order chi connectivity index (χ0) is 15.6. The molecule has 1 fully saturated rings. The van der Waals surface area contributed by atoms with Crippen molar-refractivity contribution in [2.24, 2.45) is 5.73 Å². The first-order chi connectivity index (χ1) is 9.92. The van der Waals surface area contributed by atoms with Crippen molar-refractivity contribution in [2.45, 2.75) is 25.3 Å². The Morgan fingerprint density at radius 3 is 2.81 bits per heavy atom. The van der Waals surface area contributed by atoms with Crippen molar-refractivity contribution in [1.82, 2.24) is 4.90 Å². The molecule has 0 aliphatic carbocycles. The molecule has 2 amide bonds. The van der Waals surface area contributed by atoms with Crippen LogP contribution in [-0.2, 0) is 9.53 Å². The van der Waals surface area contributed by atoms with Crippen LogP contribution in [0.2, 0.25) is 5.02 Å². The highest BCUT2D eigenvalue weighted by Gasteiger charge is 2.49. The van der Waals surface area contributed by atoms with Crippen LogP contribution in [0.1, 0.15) is 28.8 Å². The van der Waals surface area contributed by atoms with Crippen LogP contribution in [0.25, 0.3) is 0 Å². The fraction of sp³-hybridized carbons (Fsp3) is 0.467. The van der Waals surface area contributed by atoms with E-state index in [0.717, 1.165) is 12.0 Å². The Labute approximate surface area is 129 Å². The Bertz CT molecular complexity index is 576. The average Bonchev–Trinajstić information content (AvgIpc) is 2.86. The monoisotopic (exact) mass is 310 g/mol. The molecule has 0 spiro atoms. The van der Waals surface area contributed by atoms with Gasteiger partial charge in [-0.15, -0.1) is 0 Å². The van der Waals surface area contributed by atoms with E-state index in [0.29, 0.717) is 23.6 Å². The third kappa shape index (κ3) is 2.76. The lowest BCUT2D eigenvalue weighted by molar-refractivity contribution is -0.130. The van der Waals surface area contributed by atoms with E-state index in [1.165, 1.54) is 12.0 Å². The van der Waals surface area contributed by atoms with Crippen molar-refractivity contribution in [2.75, 3.05) is 20.3 Å². The summed E-state index contributed by atoms with van der Waals surface area (Å²) in [5.41, 5.74) is 5.79. The minimum atomic E-state index is -1.07. The summed E-state index contributed by atoms with van der Waals surface area (Å²) in [7, 11) is 1.50. The number of carbonyl (C=O) groups is 2. The summed E-state index contributed by atoms with van der Waals surface area (Å²) < 4.78 is 5.14. The molecule has 0 saturated carbocycles.